The standard InChI is InChI=1S/C22H30O2.C20H26O3.C19H24O3.C18H22O2.C16H25NO2.C16H24O3.C12H18O2/c1-2-3-11-20-14-10-15-22(18-20)24-17-9-5-8-16-23-19-21-12-6-4-7-13-21;1-2-8-20(21)18-11-6-12-19(15-18)23-14-7-13-22-16-17-9-4-3-5-10-17;1-2-7-19(20)17-10-6-11-18(14-17)22-13-12-21-15-16-8-4-3-5-9-16;1-2-3-8-15-9-7-12-17(13-15)20-14-18(19)16-10-5-4-6-11-16;1-4-5-8-14-9-6-10-15(13-14)19-12-7-11-16(18)17(2)3;1-3-7-16(18)13-8-5-10-15(12-13)19-11-6-9-14(17)4-2;1-2-3-5-11-6-4-7-12(10-11)14-9-8-13/h4,6-7,10,12-15,18H,2-3,5,8-9,11,16-17,19H2,1H3;3-6,9-12,15,20-21H,2,7-8,13-14,16H2,1H3;3-6,8-11,14,19-20H,2,7,12-13,15H2,1H3;4-7,9-13,18-19H,2-3,8,14H2,1H3;6,9-10,13H,4-5,7-8,11-12H2,1-3H3;5,8,10,12,16,18H,3-4,6-7,9,11H2,1-2H3;4,6-7,10,13H,2-3,5,8-9H2,1H3. The monoisotopic (exact) mass is 1930 g/mol. The van der Waals surface area contributed by atoms with Gasteiger partial charge >= 0.3 is 0 Å². The van der Waals surface area contributed by atoms with Crippen LogP contribution in [0.3, 0.4) is 0 Å². The van der Waals surface area contributed by atoms with Crippen LogP contribution in [0.25, 0.3) is 0 Å². The van der Waals surface area contributed by atoms with Crippen molar-refractivity contribution in [1.29, 1.82) is 0 Å². The van der Waals surface area contributed by atoms with E-state index < -0.39 is 24.4 Å². The van der Waals surface area contributed by atoms with Crippen LogP contribution in [0, 0.1) is 0 Å². The lowest BCUT2D eigenvalue weighted by molar-refractivity contribution is -0.128. The number of aliphatic hydroxyl groups excluding tert-OH is 5. The fourth-order valence-electron chi connectivity index (χ4n) is 14.4. The van der Waals surface area contributed by atoms with Crippen molar-refractivity contribution >= 4 is 11.7 Å². The lowest BCUT2D eigenvalue weighted by atomic mass is 10.1. The van der Waals surface area contributed by atoms with Crippen LogP contribution >= 0.6 is 0 Å². The number of aliphatic hydroxyl groups is 5. The molecule has 5 N–H and O–H groups in total. The molecule has 0 aromatic heterocycles. The molecule has 0 heterocycles. The number of aryl methyl sites for hydroxylation is 4. The van der Waals surface area contributed by atoms with Gasteiger partial charge < -0.3 is 77.8 Å². The average Bonchev–Trinajstić information content (AvgIpc) is 0.891. The van der Waals surface area contributed by atoms with Crippen LogP contribution in [0.2, 0.25) is 0 Å². The van der Waals surface area contributed by atoms with E-state index in [0.717, 1.165) is 184 Å². The third-order valence-electron chi connectivity index (χ3n) is 22.5. The van der Waals surface area contributed by atoms with Crippen molar-refractivity contribution in [3.63, 3.8) is 0 Å². The van der Waals surface area contributed by atoms with Gasteiger partial charge in [0, 0.05) is 46.4 Å². The highest BCUT2D eigenvalue weighted by Crippen LogP contribution is 2.28. The molecule has 18 nitrogen and oxygen atoms in total. The van der Waals surface area contributed by atoms with Crippen LogP contribution in [0.4, 0.5) is 0 Å². The Labute approximate surface area is 846 Å². The highest BCUT2D eigenvalue weighted by atomic mass is 16.5. The molecular weight excluding hydrogens is 1760 g/mol. The maximum Gasteiger partial charge on any atom is 0.222 e. The molecule has 11 rings (SSSR count). The molecule has 11 aromatic carbocycles. The van der Waals surface area contributed by atoms with Crippen molar-refractivity contribution in [3.8, 4) is 40.2 Å². The second kappa shape index (κ2) is 79.4. The predicted octanol–water partition coefficient (Wildman–Crippen LogP) is 27.9. The summed E-state index contributed by atoms with van der Waals surface area (Å²) in [5.41, 5.74) is 12.5. The topological polar surface area (TPSA) is 231 Å². The van der Waals surface area contributed by atoms with Gasteiger partial charge in [-0.2, -0.15) is 0 Å². The smallest absolute Gasteiger partial charge is 0.222 e. The highest BCUT2D eigenvalue weighted by molar-refractivity contribution is 5.78. The van der Waals surface area contributed by atoms with Crippen LogP contribution in [-0.4, -0.2) is 129 Å². The first-order valence-corrected chi connectivity index (χ1v) is 51.9. The molecule has 141 heavy (non-hydrogen) atoms. The maximum atomic E-state index is 11.4. The lowest BCUT2D eigenvalue weighted by Crippen LogP contribution is -2.21. The zero-order valence-corrected chi connectivity index (χ0v) is 86.6. The minimum Gasteiger partial charge on any atom is -0.494 e. The second-order valence-corrected chi connectivity index (χ2v) is 35.1. The second-order valence-electron chi connectivity index (χ2n) is 35.1. The molecule has 18 heteroatoms. The van der Waals surface area contributed by atoms with E-state index in [1.54, 1.807) is 19.0 Å². The summed E-state index contributed by atoms with van der Waals surface area (Å²) in [5.74, 6) is 6.36. The van der Waals surface area contributed by atoms with E-state index >= 15 is 0 Å². The number of hydrogen-bond donors (Lipinski definition) is 5. The fraction of sp³-hybridized carbons (Fsp3) is 0.447. The molecule has 0 aliphatic heterocycles. The number of ether oxygens (including phenoxy) is 10. The summed E-state index contributed by atoms with van der Waals surface area (Å²) in [6, 6.07) is 96.0. The van der Waals surface area contributed by atoms with E-state index in [-0.39, 0.29) is 24.9 Å². The molecule has 768 valence electrons. The van der Waals surface area contributed by atoms with E-state index in [4.69, 9.17) is 52.5 Å². The van der Waals surface area contributed by atoms with Crippen molar-refractivity contribution in [2.75, 3.05) is 86.8 Å². The Morgan fingerprint density at radius 3 is 0.908 bits per heavy atom. The van der Waals surface area contributed by atoms with E-state index in [2.05, 4.69) is 120 Å². The first-order valence-electron chi connectivity index (χ1n) is 51.9. The summed E-state index contributed by atoms with van der Waals surface area (Å²) in [5, 5.41) is 48.6. The maximum absolute atomic E-state index is 11.4. The van der Waals surface area contributed by atoms with Gasteiger partial charge in [-0.05, 0) is 249 Å². The number of unbranched alkanes of at least 4 members (excludes halogenated alkanes) is 6. The van der Waals surface area contributed by atoms with Crippen LogP contribution in [0.5, 0.6) is 40.2 Å². The minimum absolute atomic E-state index is 0.0686. The van der Waals surface area contributed by atoms with Gasteiger partial charge in [-0.15, -0.1) is 0 Å². The minimum atomic E-state index is -0.588. The number of ketones is 1. The number of hydrogen-bond acceptors (Lipinski definition) is 17. The number of benzene rings is 11. The predicted molar refractivity (Wildman–Crippen MR) is 575 cm³/mol. The molecule has 0 bridgehead atoms. The summed E-state index contributed by atoms with van der Waals surface area (Å²) >= 11 is 0. The number of carbonyl (C=O) groups excluding carboxylic acids is 2. The largest absolute Gasteiger partial charge is 0.494 e. The molecule has 0 aliphatic rings. The van der Waals surface area contributed by atoms with Gasteiger partial charge in [0.25, 0.3) is 0 Å². The van der Waals surface area contributed by atoms with Crippen molar-refractivity contribution in [2.24, 2.45) is 0 Å². The van der Waals surface area contributed by atoms with Crippen molar-refractivity contribution in [3.05, 3.63) is 352 Å². The van der Waals surface area contributed by atoms with Gasteiger partial charge in [0.05, 0.1) is 84.4 Å². The van der Waals surface area contributed by atoms with Gasteiger partial charge in [-0.25, -0.2) is 0 Å². The SMILES string of the molecule is CCCC(O)c1cccc(OCCCC(=O)CC)c1.CCCC(O)c1cccc(OCCCOCc2ccccc2)c1.CCCC(O)c1cccc(OCCOCc2ccccc2)c1.CCCCc1cccc(OCC(O)c2ccccc2)c1.CCCCc1cccc(OCCCC(=O)N(C)C)c1.CCCCc1cccc(OCCCCCOCc2ccccc2)c1.CCCCc1cccc(OCCO)c1. The molecule has 11 aromatic rings. The van der Waals surface area contributed by atoms with Gasteiger partial charge in [0.2, 0.25) is 5.91 Å². The number of carbonyl (C=O) groups is 2. The number of nitrogens with zero attached hydrogens (tertiary/aromatic N) is 1. The Kier molecular flexibility index (Phi) is 67.8. The molecule has 0 spiro atoms. The zero-order chi connectivity index (χ0) is 101. The van der Waals surface area contributed by atoms with E-state index in [1.165, 1.54) is 84.7 Å². The molecule has 4 atom stereocenters. The Morgan fingerprint density at radius 1 is 0.262 bits per heavy atom. The number of Topliss-reactive ketones (excluding diaryl/α,β-unsaturated/α-hetero) is 1. The molecule has 0 saturated carbocycles. The van der Waals surface area contributed by atoms with Crippen molar-refractivity contribution in [2.45, 2.75) is 273 Å². The molecular formula is C123H169NO17. The summed E-state index contributed by atoms with van der Waals surface area (Å²) in [6.07, 6.45) is 24.8. The first-order chi connectivity index (χ1) is 68.9. The fourth-order valence-corrected chi connectivity index (χ4v) is 14.4. The molecule has 4 unspecified atom stereocenters. The van der Waals surface area contributed by atoms with Gasteiger partial charge in [-0.1, -0.05) is 307 Å². The molecule has 0 fully saturated rings. The Bertz CT molecular complexity index is 4860. The van der Waals surface area contributed by atoms with Crippen LogP contribution in [0.1, 0.15) is 289 Å². The Hall–Kier alpha value is -11.2. The van der Waals surface area contributed by atoms with Crippen LogP contribution in [-0.2, 0) is 69.3 Å². The highest BCUT2D eigenvalue weighted by Gasteiger charge is 2.14. The van der Waals surface area contributed by atoms with E-state index in [0.29, 0.717) is 85.3 Å². The summed E-state index contributed by atoms with van der Waals surface area (Å²) in [6.45, 7) is 24.6. The summed E-state index contributed by atoms with van der Waals surface area (Å²) in [4.78, 5) is 24.2. The van der Waals surface area contributed by atoms with Gasteiger partial charge in [0.15, 0.2) is 0 Å². The molecule has 1 amide bonds. The van der Waals surface area contributed by atoms with E-state index in [1.807, 2.05) is 226 Å². The summed E-state index contributed by atoms with van der Waals surface area (Å²) in [7, 11) is 3.56. The Balaban J connectivity index is 0.000000291. The van der Waals surface area contributed by atoms with Crippen molar-refractivity contribution in [1.82, 2.24) is 4.90 Å². The third-order valence-corrected chi connectivity index (χ3v) is 22.5. The van der Waals surface area contributed by atoms with E-state index in [9.17, 15) is 30.0 Å². The first kappa shape index (κ1) is 120. The zero-order valence-electron chi connectivity index (χ0n) is 86.6. The third kappa shape index (κ3) is 58.1. The average molecular weight is 1930 g/mol. The lowest BCUT2D eigenvalue weighted by Gasteiger charge is -2.13. The summed E-state index contributed by atoms with van der Waals surface area (Å²) < 4.78 is 56.5. The van der Waals surface area contributed by atoms with Crippen LogP contribution in [0.15, 0.2) is 291 Å². The quantitative estimate of drug-likeness (QED) is 0.0223. The molecule has 0 saturated heterocycles. The molecule has 0 radical (unpaired) electrons. The normalized spacial score (nSPS) is 11.4. The number of rotatable bonds is 61. The van der Waals surface area contributed by atoms with Gasteiger partial charge in [-0.3, -0.25) is 9.59 Å². The van der Waals surface area contributed by atoms with Crippen molar-refractivity contribution < 1.29 is 82.5 Å². The number of amides is 1. The van der Waals surface area contributed by atoms with Gasteiger partial charge in [0.1, 0.15) is 72.0 Å². The van der Waals surface area contributed by atoms with Crippen LogP contribution < -0.4 is 33.2 Å². The molecule has 0 aliphatic carbocycles. The Morgan fingerprint density at radius 2 is 0.553 bits per heavy atom.